The number of hydrogen-bond acceptors (Lipinski definition) is 4. The van der Waals surface area contributed by atoms with Crippen LogP contribution in [-0.2, 0) is 6.54 Å². The van der Waals surface area contributed by atoms with Crippen LogP contribution in [0.2, 0.25) is 0 Å². The van der Waals surface area contributed by atoms with Crippen LogP contribution in [0.4, 0.5) is 0 Å². The monoisotopic (exact) mass is 237 g/mol. The van der Waals surface area contributed by atoms with Gasteiger partial charge < -0.3 is 10.5 Å². The van der Waals surface area contributed by atoms with Crippen molar-refractivity contribution in [1.82, 2.24) is 9.88 Å². The highest BCUT2D eigenvalue weighted by Gasteiger charge is 2.24. The van der Waals surface area contributed by atoms with Gasteiger partial charge in [-0.05, 0) is 26.5 Å². The summed E-state index contributed by atoms with van der Waals surface area (Å²) in [7, 11) is 1.63. The summed E-state index contributed by atoms with van der Waals surface area (Å²) in [5.41, 5.74) is 6.80. The molecule has 1 rings (SSSR count). The minimum absolute atomic E-state index is 0.0144. The first-order chi connectivity index (χ1) is 8.03. The first kappa shape index (κ1) is 13.9. The third-order valence-corrected chi connectivity index (χ3v) is 3.08. The lowest BCUT2D eigenvalue weighted by atomic mass is 10.0. The van der Waals surface area contributed by atoms with E-state index in [1.54, 1.807) is 7.11 Å². The minimum Gasteiger partial charge on any atom is -0.481 e. The van der Waals surface area contributed by atoms with Crippen LogP contribution < -0.4 is 10.5 Å². The van der Waals surface area contributed by atoms with Crippen molar-refractivity contribution in [1.29, 1.82) is 0 Å². The van der Waals surface area contributed by atoms with Crippen LogP contribution in [-0.4, -0.2) is 35.6 Å². The molecule has 0 radical (unpaired) electrons. The maximum absolute atomic E-state index is 5.81. The third kappa shape index (κ3) is 3.68. The van der Waals surface area contributed by atoms with Gasteiger partial charge in [0.2, 0.25) is 5.88 Å². The van der Waals surface area contributed by atoms with Crippen LogP contribution in [0, 0.1) is 0 Å². The summed E-state index contributed by atoms with van der Waals surface area (Å²) in [5, 5.41) is 0. The molecular weight excluding hydrogens is 214 g/mol. The number of hydrogen-bond donors (Lipinski definition) is 1. The molecule has 0 saturated heterocycles. The van der Waals surface area contributed by atoms with E-state index >= 15 is 0 Å². The van der Waals surface area contributed by atoms with Gasteiger partial charge in [-0.25, -0.2) is 4.98 Å². The van der Waals surface area contributed by atoms with Crippen LogP contribution >= 0.6 is 0 Å². The maximum Gasteiger partial charge on any atom is 0.213 e. The van der Waals surface area contributed by atoms with Gasteiger partial charge >= 0.3 is 0 Å². The third-order valence-electron chi connectivity index (χ3n) is 3.08. The second-order valence-electron chi connectivity index (χ2n) is 4.70. The molecule has 0 aliphatic carbocycles. The van der Waals surface area contributed by atoms with E-state index in [9.17, 15) is 0 Å². The Hall–Kier alpha value is -1.13. The molecule has 0 atom stereocenters. The van der Waals surface area contributed by atoms with E-state index in [1.165, 1.54) is 0 Å². The molecule has 1 aromatic heterocycles. The van der Waals surface area contributed by atoms with Crippen molar-refractivity contribution >= 4 is 0 Å². The Kier molecular flexibility index (Phi) is 4.90. The zero-order valence-electron chi connectivity index (χ0n) is 11.2. The SMILES string of the molecule is CCN(Cc1cccc(OC)n1)C(C)(C)CN. The van der Waals surface area contributed by atoms with Gasteiger partial charge in [0.15, 0.2) is 0 Å². The zero-order chi connectivity index (χ0) is 12.9. The Morgan fingerprint density at radius 1 is 1.41 bits per heavy atom. The van der Waals surface area contributed by atoms with Gasteiger partial charge in [0, 0.05) is 24.7 Å². The highest BCUT2D eigenvalue weighted by Crippen LogP contribution is 2.16. The Balaban J connectivity index is 2.80. The van der Waals surface area contributed by atoms with Crippen molar-refractivity contribution < 1.29 is 4.74 Å². The molecule has 4 heteroatoms. The summed E-state index contributed by atoms with van der Waals surface area (Å²) in [6.07, 6.45) is 0. The first-order valence-corrected chi connectivity index (χ1v) is 5.98. The minimum atomic E-state index is -0.0144. The van der Waals surface area contributed by atoms with Crippen LogP contribution in [0.5, 0.6) is 5.88 Å². The Bertz CT molecular complexity index is 352. The van der Waals surface area contributed by atoms with Crippen LogP contribution in [0.15, 0.2) is 18.2 Å². The topological polar surface area (TPSA) is 51.4 Å². The number of nitrogens with two attached hydrogens (primary N) is 1. The molecular formula is C13H23N3O. The van der Waals surface area contributed by atoms with E-state index in [-0.39, 0.29) is 5.54 Å². The van der Waals surface area contributed by atoms with Crippen molar-refractivity contribution in [3.05, 3.63) is 23.9 Å². The van der Waals surface area contributed by atoms with Gasteiger partial charge in [-0.15, -0.1) is 0 Å². The molecule has 0 saturated carbocycles. The lowest BCUT2D eigenvalue weighted by molar-refractivity contribution is 0.124. The summed E-state index contributed by atoms with van der Waals surface area (Å²) < 4.78 is 5.13. The molecule has 0 aromatic carbocycles. The van der Waals surface area contributed by atoms with Crippen molar-refractivity contribution in [2.75, 3.05) is 20.2 Å². The highest BCUT2D eigenvalue weighted by atomic mass is 16.5. The molecule has 0 amide bonds. The molecule has 4 nitrogen and oxygen atoms in total. The number of pyridine rings is 1. The van der Waals surface area contributed by atoms with Crippen molar-refractivity contribution in [2.24, 2.45) is 5.73 Å². The number of rotatable bonds is 6. The molecule has 1 heterocycles. The summed E-state index contributed by atoms with van der Waals surface area (Å²) >= 11 is 0. The summed E-state index contributed by atoms with van der Waals surface area (Å²) in [4.78, 5) is 6.74. The predicted molar refractivity (Wildman–Crippen MR) is 70.0 cm³/mol. The molecule has 0 bridgehead atoms. The molecule has 0 aliphatic rings. The highest BCUT2D eigenvalue weighted by molar-refractivity contribution is 5.15. The zero-order valence-corrected chi connectivity index (χ0v) is 11.2. The Morgan fingerprint density at radius 2 is 2.12 bits per heavy atom. The molecule has 17 heavy (non-hydrogen) atoms. The number of nitrogens with zero attached hydrogens (tertiary/aromatic N) is 2. The smallest absolute Gasteiger partial charge is 0.213 e. The lowest BCUT2D eigenvalue weighted by Gasteiger charge is -2.36. The molecule has 0 spiro atoms. The van der Waals surface area contributed by atoms with Crippen molar-refractivity contribution in [2.45, 2.75) is 32.9 Å². The normalized spacial score (nSPS) is 11.9. The van der Waals surface area contributed by atoms with Gasteiger partial charge in [0.05, 0.1) is 12.8 Å². The molecule has 2 N–H and O–H groups in total. The largest absolute Gasteiger partial charge is 0.481 e. The fraction of sp³-hybridized carbons (Fsp3) is 0.615. The van der Waals surface area contributed by atoms with Crippen molar-refractivity contribution in [3.63, 3.8) is 0 Å². The maximum atomic E-state index is 5.81. The second-order valence-corrected chi connectivity index (χ2v) is 4.70. The van der Waals surface area contributed by atoms with Crippen molar-refractivity contribution in [3.8, 4) is 5.88 Å². The van der Waals surface area contributed by atoms with E-state index in [0.717, 1.165) is 18.8 Å². The standard InChI is InChI=1S/C13H23N3O/c1-5-16(13(2,3)10-14)9-11-7-6-8-12(15-11)17-4/h6-8H,5,9-10,14H2,1-4H3. The summed E-state index contributed by atoms with van der Waals surface area (Å²) in [6.45, 7) is 8.80. The Morgan fingerprint density at radius 3 is 2.65 bits per heavy atom. The molecule has 0 unspecified atom stereocenters. The van der Waals surface area contributed by atoms with E-state index < -0.39 is 0 Å². The molecule has 1 aromatic rings. The molecule has 96 valence electrons. The summed E-state index contributed by atoms with van der Waals surface area (Å²) in [5.74, 6) is 0.657. The van der Waals surface area contributed by atoms with Gasteiger partial charge in [0.25, 0.3) is 0 Å². The molecule has 0 fully saturated rings. The van der Waals surface area contributed by atoms with E-state index in [0.29, 0.717) is 12.4 Å². The van der Waals surface area contributed by atoms with E-state index in [4.69, 9.17) is 10.5 Å². The van der Waals surface area contributed by atoms with Gasteiger partial charge in [-0.2, -0.15) is 0 Å². The number of likely N-dealkylation sites (N-methyl/N-ethyl adjacent to an activating group) is 1. The van der Waals surface area contributed by atoms with E-state index in [2.05, 4.69) is 30.7 Å². The predicted octanol–water partition coefficient (Wildman–Crippen LogP) is 1.65. The second kappa shape index (κ2) is 5.98. The molecule has 0 aliphatic heterocycles. The average molecular weight is 237 g/mol. The van der Waals surface area contributed by atoms with Crippen LogP contribution in [0.3, 0.4) is 0 Å². The summed E-state index contributed by atoms with van der Waals surface area (Å²) in [6, 6.07) is 5.83. The van der Waals surface area contributed by atoms with Gasteiger partial charge in [-0.3, -0.25) is 4.90 Å². The number of methoxy groups -OCH3 is 1. The first-order valence-electron chi connectivity index (χ1n) is 5.98. The van der Waals surface area contributed by atoms with Crippen LogP contribution in [0.25, 0.3) is 0 Å². The van der Waals surface area contributed by atoms with Gasteiger partial charge in [0.1, 0.15) is 0 Å². The fourth-order valence-electron chi connectivity index (χ4n) is 1.74. The quantitative estimate of drug-likeness (QED) is 0.817. The van der Waals surface area contributed by atoms with E-state index in [1.807, 2.05) is 18.2 Å². The average Bonchev–Trinajstić information content (AvgIpc) is 2.36. The van der Waals surface area contributed by atoms with Crippen LogP contribution in [0.1, 0.15) is 26.5 Å². The van der Waals surface area contributed by atoms with Gasteiger partial charge in [-0.1, -0.05) is 13.0 Å². The fourth-order valence-corrected chi connectivity index (χ4v) is 1.74. The number of ether oxygens (including phenoxy) is 1. The Labute approximate surface area is 104 Å². The lowest BCUT2D eigenvalue weighted by Crippen LogP contribution is -2.48. The number of aromatic nitrogens is 1.